The number of carboxylic acid groups (broad SMARTS) is 1. The molecule has 0 radical (unpaired) electrons. The van der Waals surface area contributed by atoms with Crippen molar-refractivity contribution in [2.24, 2.45) is 5.16 Å². The van der Waals surface area contributed by atoms with Gasteiger partial charge in [0.25, 0.3) is 5.91 Å². The third kappa shape index (κ3) is 2.30. The summed E-state index contributed by atoms with van der Waals surface area (Å²) in [6.45, 7) is 3.44. The molecular formula is C12H17N3O4. The van der Waals surface area contributed by atoms with Crippen molar-refractivity contribution in [2.75, 3.05) is 26.2 Å². The molecule has 2 atom stereocenters. The van der Waals surface area contributed by atoms with E-state index in [2.05, 4.69) is 10.1 Å². The summed E-state index contributed by atoms with van der Waals surface area (Å²) in [4.78, 5) is 32.2. The van der Waals surface area contributed by atoms with Crippen molar-refractivity contribution < 1.29 is 19.5 Å². The van der Waals surface area contributed by atoms with Crippen molar-refractivity contribution in [1.29, 1.82) is 0 Å². The molecule has 2 unspecified atom stereocenters. The maximum absolute atomic E-state index is 12.3. The third-order valence-electron chi connectivity index (χ3n) is 4.09. The van der Waals surface area contributed by atoms with E-state index in [0.29, 0.717) is 12.6 Å². The number of oxime groups is 1. The van der Waals surface area contributed by atoms with Crippen LogP contribution >= 0.6 is 0 Å². The van der Waals surface area contributed by atoms with Crippen LogP contribution < -0.4 is 0 Å². The zero-order valence-corrected chi connectivity index (χ0v) is 10.6. The topological polar surface area (TPSA) is 82.4 Å². The molecule has 19 heavy (non-hydrogen) atoms. The van der Waals surface area contributed by atoms with Gasteiger partial charge in [-0.15, -0.1) is 0 Å². The first-order valence-electron chi connectivity index (χ1n) is 6.64. The number of carbonyl (C=O) groups is 2. The average molecular weight is 267 g/mol. The van der Waals surface area contributed by atoms with Gasteiger partial charge in [0, 0.05) is 32.1 Å². The van der Waals surface area contributed by atoms with Gasteiger partial charge in [0.15, 0.2) is 5.71 Å². The lowest BCUT2D eigenvalue weighted by molar-refractivity contribution is -0.144. The number of aliphatic carboxylic acids is 1. The Morgan fingerprint density at radius 3 is 2.89 bits per heavy atom. The molecule has 0 bridgehead atoms. The molecule has 0 aliphatic carbocycles. The highest BCUT2D eigenvalue weighted by Gasteiger charge is 2.38. The van der Waals surface area contributed by atoms with E-state index in [1.807, 2.05) is 0 Å². The molecule has 1 N–H and O–H groups in total. The van der Waals surface area contributed by atoms with Gasteiger partial charge in [-0.1, -0.05) is 5.16 Å². The van der Waals surface area contributed by atoms with E-state index in [-0.39, 0.29) is 18.0 Å². The van der Waals surface area contributed by atoms with E-state index < -0.39 is 12.1 Å². The number of carbonyl (C=O) groups excluding carboxylic acids is 1. The second kappa shape index (κ2) is 4.80. The van der Waals surface area contributed by atoms with Crippen molar-refractivity contribution in [3.8, 4) is 0 Å². The van der Waals surface area contributed by atoms with Crippen molar-refractivity contribution in [3.63, 3.8) is 0 Å². The lowest BCUT2D eigenvalue weighted by Gasteiger charge is -2.38. The van der Waals surface area contributed by atoms with Crippen LogP contribution in [0.4, 0.5) is 0 Å². The molecule has 2 saturated heterocycles. The molecule has 1 amide bonds. The summed E-state index contributed by atoms with van der Waals surface area (Å²) >= 11 is 0. The highest BCUT2D eigenvalue weighted by Crippen LogP contribution is 2.23. The first-order valence-corrected chi connectivity index (χ1v) is 6.64. The van der Waals surface area contributed by atoms with Gasteiger partial charge in [0.05, 0.1) is 0 Å². The van der Waals surface area contributed by atoms with Crippen LogP contribution in [0.15, 0.2) is 5.16 Å². The average Bonchev–Trinajstić information content (AvgIpc) is 3.06. The van der Waals surface area contributed by atoms with Gasteiger partial charge in [0.2, 0.25) is 6.10 Å². The standard InChI is InChI=1S/C12H17N3O4/c16-11(10-6-9(12(17)18)13-19-10)15-5-4-14-3-1-2-8(14)7-15/h8,10H,1-7H2,(H,17,18). The van der Waals surface area contributed by atoms with Crippen LogP contribution in [0, 0.1) is 0 Å². The van der Waals surface area contributed by atoms with E-state index in [1.165, 1.54) is 6.42 Å². The Kier molecular flexibility index (Phi) is 3.14. The third-order valence-corrected chi connectivity index (χ3v) is 4.09. The van der Waals surface area contributed by atoms with E-state index in [4.69, 9.17) is 9.94 Å². The van der Waals surface area contributed by atoms with Crippen LogP contribution in [0.25, 0.3) is 0 Å². The Hall–Kier alpha value is -1.63. The lowest BCUT2D eigenvalue weighted by atomic mass is 10.1. The number of piperazine rings is 1. The fraction of sp³-hybridized carbons (Fsp3) is 0.750. The summed E-state index contributed by atoms with van der Waals surface area (Å²) in [5.74, 6) is -1.25. The maximum atomic E-state index is 12.3. The second-order valence-electron chi connectivity index (χ2n) is 5.26. The van der Waals surface area contributed by atoms with Gasteiger partial charge in [-0.3, -0.25) is 9.69 Å². The Morgan fingerprint density at radius 1 is 1.32 bits per heavy atom. The molecule has 104 valence electrons. The maximum Gasteiger partial charge on any atom is 0.353 e. The molecule has 0 saturated carbocycles. The zero-order chi connectivity index (χ0) is 13.4. The molecule has 3 aliphatic rings. The number of rotatable bonds is 2. The lowest BCUT2D eigenvalue weighted by Crippen LogP contribution is -2.54. The Bertz CT molecular complexity index is 437. The summed E-state index contributed by atoms with van der Waals surface area (Å²) < 4.78 is 0. The van der Waals surface area contributed by atoms with Crippen LogP contribution in [0.5, 0.6) is 0 Å². The molecule has 3 rings (SSSR count). The number of fused-ring (bicyclic) bond motifs is 1. The monoisotopic (exact) mass is 267 g/mol. The SMILES string of the molecule is O=C(O)C1=NOC(C(=O)N2CCN3CCCC3C2)C1. The molecule has 0 aromatic heterocycles. The van der Waals surface area contributed by atoms with E-state index in [1.54, 1.807) is 4.90 Å². The van der Waals surface area contributed by atoms with Crippen molar-refractivity contribution in [1.82, 2.24) is 9.80 Å². The fourth-order valence-corrected chi connectivity index (χ4v) is 3.03. The van der Waals surface area contributed by atoms with Crippen LogP contribution in [0.3, 0.4) is 0 Å². The molecule has 0 aromatic carbocycles. The first-order chi connectivity index (χ1) is 9.15. The Labute approximate surface area is 110 Å². The summed E-state index contributed by atoms with van der Waals surface area (Å²) in [7, 11) is 0. The molecule has 3 aliphatic heterocycles. The van der Waals surface area contributed by atoms with E-state index >= 15 is 0 Å². The second-order valence-corrected chi connectivity index (χ2v) is 5.26. The first kappa shape index (κ1) is 12.4. The van der Waals surface area contributed by atoms with Crippen molar-refractivity contribution in [3.05, 3.63) is 0 Å². The summed E-state index contributed by atoms with van der Waals surface area (Å²) in [5, 5.41) is 12.3. The van der Waals surface area contributed by atoms with Crippen LogP contribution in [-0.4, -0.2) is 70.8 Å². The van der Waals surface area contributed by atoms with Gasteiger partial charge in [-0.25, -0.2) is 4.79 Å². The predicted molar refractivity (Wildman–Crippen MR) is 65.7 cm³/mol. The predicted octanol–water partition coefficient (Wildman–Crippen LogP) is -0.477. The molecule has 2 fully saturated rings. The number of carboxylic acids is 1. The van der Waals surface area contributed by atoms with Crippen LogP contribution in [0.2, 0.25) is 0 Å². The van der Waals surface area contributed by atoms with Gasteiger partial charge < -0.3 is 14.8 Å². The normalized spacial score (nSPS) is 30.7. The molecule has 3 heterocycles. The van der Waals surface area contributed by atoms with Gasteiger partial charge >= 0.3 is 5.97 Å². The minimum atomic E-state index is -1.11. The molecule has 7 heteroatoms. The summed E-state index contributed by atoms with van der Waals surface area (Å²) in [6.07, 6.45) is 1.64. The highest BCUT2D eigenvalue weighted by molar-refractivity contribution is 6.36. The minimum absolute atomic E-state index is 0.0685. The summed E-state index contributed by atoms with van der Waals surface area (Å²) in [5.41, 5.74) is -0.0714. The number of hydrogen-bond donors (Lipinski definition) is 1. The van der Waals surface area contributed by atoms with E-state index in [0.717, 1.165) is 26.1 Å². The van der Waals surface area contributed by atoms with E-state index in [9.17, 15) is 9.59 Å². The van der Waals surface area contributed by atoms with Gasteiger partial charge in [-0.2, -0.15) is 0 Å². The molecule has 0 aromatic rings. The van der Waals surface area contributed by atoms with Gasteiger partial charge in [-0.05, 0) is 19.4 Å². The summed E-state index contributed by atoms with van der Waals surface area (Å²) in [6, 6.07) is 0.457. The number of amides is 1. The van der Waals surface area contributed by atoms with Crippen LogP contribution in [0.1, 0.15) is 19.3 Å². The van der Waals surface area contributed by atoms with Gasteiger partial charge in [0.1, 0.15) is 0 Å². The number of nitrogens with zero attached hydrogens (tertiary/aromatic N) is 3. The molecule has 7 nitrogen and oxygen atoms in total. The highest BCUT2D eigenvalue weighted by atomic mass is 16.6. The minimum Gasteiger partial charge on any atom is -0.477 e. The quantitative estimate of drug-likeness (QED) is 0.731. The fourth-order valence-electron chi connectivity index (χ4n) is 3.03. The van der Waals surface area contributed by atoms with Crippen molar-refractivity contribution in [2.45, 2.75) is 31.4 Å². The smallest absolute Gasteiger partial charge is 0.353 e. The zero-order valence-electron chi connectivity index (χ0n) is 10.6. The molecular weight excluding hydrogens is 250 g/mol. The largest absolute Gasteiger partial charge is 0.477 e. The number of hydrogen-bond acceptors (Lipinski definition) is 5. The Balaban J connectivity index is 1.58. The van der Waals surface area contributed by atoms with Crippen LogP contribution in [-0.2, 0) is 14.4 Å². The Morgan fingerprint density at radius 2 is 2.16 bits per heavy atom. The van der Waals surface area contributed by atoms with Crippen molar-refractivity contribution >= 4 is 17.6 Å². The molecule has 0 spiro atoms.